The SMILES string of the molecule is CN(O)CCCCCCCC(=O)N(O)CCCCCN. The van der Waals surface area contributed by atoms with Gasteiger partial charge in [0.2, 0.25) is 5.91 Å². The van der Waals surface area contributed by atoms with E-state index < -0.39 is 0 Å². The van der Waals surface area contributed by atoms with Gasteiger partial charge in [-0.3, -0.25) is 10.0 Å². The lowest BCUT2D eigenvalue weighted by atomic mass is 10.1. The maximum Gasteiger partial charge on any atom is 0.245 e. The number of rotatable bonds is 13. The van der Waals surface area contributed by atoms with Crippen molar-refractivity contribution in [1.82, 2.24) is 10.1 Å². The topological polar surface area (TPSA) is 90.0 Å². The van der Waals surface area contributed by atoms with Gasteiger partial charge in [-0.25, -0.2) is 5.06 Å². The lowest BCUT2D eigenvalue weighted by molar-refractivity contribution is -0.165. The molecule has 0 bridgehead atoms. The monoisotopic (exact) mass is 289 g/mol. The van der Waals surface area contributed by atoms with E-state index in [1.54, 1.807) is 7.05 Å². The van der Waals surface area contributed by atoms with E-state index >= 15 is 0 Å². The molecule has 4 N–H and O–H groups in total. The van der Waals surface area contributed by atoms with Gasteiger partial charge in [0.1, 0.15) is 0 Å². The third-order valence-corrected chi connectivity index (χ3v) is 3.23. The number of nitrogens with two attached hydrogens (primary N) is 1. The summed E-state index contributed by atoms with van der Waals surface area (Å²) in [5.41, 5.74) is 5.38. The van der Waals surface area contributed by atoms with E-state index in [0.717, 1.165) is 56.4 Å². The highest BCUT2D eigenvalue weighted by Gasteiger charge is 2.09. The average molecular weight is 289 g/mol. The van der Waals surface area contributed by atoms with Crippen molar-refractivity contribution in [3.05, 3.63) is 0 Å². The summed E-state index contributed by atoms with van der Waals surface area (Å²) in [4.78, 5) is 11.6. The van der Waals surface area contributed by atoms with E-state index in [2.05, 4.69) is 0 Å². The molecule has 0 aromatic rings. The number of nitrogens with zero attached hydrogens (tertiary/aromatic N) is 2. The van der Waals surface area contributed by atoms with E-state index in [1.807, 2.05) is 0 Å². The normalized spacial score (nSPS) is 11.1. The second kappa shape index (κ2) is 13.3. The zero-order valence-electron chi connectivity index (χ0n) is 12.8. The van der Waals surface area contributed by atoms with E-state index in [9.17, 15) is 10.0 Å². The fourth-order valence-electron chi connectivity index (χ4n) is 1.98. The maximum atomic E-state index is 11.6. The molecule has 0 radical (unpaired) electrons. The van der Waals surface area contributed by atoms with Crippen LogP contribution in [-0.4, -0.2) is 53.1 Å². The number of hydroxylamine groups is 4. The first-order valence-electron chi connectivity index (χ1n) is 7.67. The minimum absolute atomic E-state index is 0.187. The lowest BCUT2D eigenvalue weighted by Crippen LogP contribution is -2.28. The Labute approximate surface area is 122 Å². The van der Waals surface area contributed by atoms with Crippen molar-refractivity contribution in [2.24, 2.45) is 5.73 Å². The minimum atomic E-state index is -0.187. The molecule has 0 heterocycles. The van der Waals surface area contributed by atoms with Gasteiger partial charge in [0.15, 0.2) is 0 Å². The van der Waals surface area contributed by atoms with E-state index in [1.165, 1.54) is 5.06 Å². The zero-order valence-corrected chi connectivity index (χ0v) is 12.8. The number of carbonyl (C=O) groups is 1. The molecule has 0 fully saturated rings. The quantitative estimate of drug-likeness (QED) is 0.274. The highest BCUT2D eigenvalue weighted by molar-refractivity contribution is 5.74. The molecule has 0 spiro atoms. The smallest absolute Gasteiger partial charge is 0.245 e. The molecule has 0 saturated carbocycles. The fraction of sp³-hybridized carbons (Fsp3) is 0.929. The van der Waals surface area contributed by atoms with E-state index in [4.69, 9.17) is 10.9 Å². The Kier molecular flexibility index (Phi) is 12.8. The molecule has 6 nitrogen and oxygen atoms in total. The van der Waals surface area contributed by atoms with Gasteiger partial charge in [0, 0.05) is 26.6 Å². The molecule has 0 unspecified atom stereocenters. The first-order chi connectivity index (χ1) is 9.57. The summed E-state index contributed by atoms with van der Waals surface area (Å²) in [6.07, 6.45) is 7.97. The van der Waals surface area contributed by atoms with Gasteiger partial charge in [-0.2, -0.15) is 5.06 Å². The summed E-state index contributed by atoms with van der Waals surface area (Å²) in [7, 11) is 1.64. The van der Waals surface area contributed by atoms with Crippen LogP contribution in [0.4, 0.5) is 0 Å². The van der Waals surface area contributed by atoms with Crippen LogP contribution < -0.4 is 5.73 Å². The number of hydrogen-bond donors (Lipinski definition) is 3. The van der Waals surface area contributed by atoms with Crippen molar-refractivity contribution >= 4 is 5.91 Å². The summed E-state index contributed by atoms with van der Waals surface area (Å²) < 4.78 is 0. The van der Waals surface area contributed by atoms with Crippen molar-refractivity contribution in [2.75, 3.05) is 26.7 Å². The summed E-state index contributed by atoms with van der Waals surface area (Å²) in [5, 5.41) is 20.5. The Balaban J connectivity index is 3.38. The van der Waals surface area contributed by atoms with Gasteiger partial charge >= 0.3 is 0 Å². The first-order valence-corrected chi connectivity index (χ1v) is 7.67. The molecule has 120 valence electrons. The second-order valence-corrected chi connectivity index (χ2v) is 5.27. The van der Waals surface area contributed by atoms with Crippen LogP contribution in [0, 0.1) is 0 Å². The zero-order chi connectivity index (χ0) is 15.2. The largest absolute Gasteiger partial charge is 0.330 e. The molecule has 0 saturated heterocycles. The summed E-state index contributed by atoms with van der Waals surface area (Å²) in [5.74, 6) is -0.187. The molecule has 20 heavy (non-hydrogen) atoms. The predicted molar refractivity (Wildman–Crippen MR) is 78.5 cm³/mol. The lowest BCUT2D eigenvalue weighted by Gasteiger charge is -2.14. The molecule has 0 atom stereocenters. The third kappa shape index (κ3) is 12.3. The molecule has 0 aliphatic carbocycles. The van der Waals surface area contributed by atoms with Crippen LogP contribution in [0.15, 0.2) is 0 Å². The molecular formula is C14H31N3O3. The van der Waals surface area contributed by atoms with Gasteiger partial charge in [-0.05, 0) is 32.2 Å². The van der Waals surface area contributed by atoms with Crippen LogP contribution >= 0.6 is 0 Å². The highest BCUT2D eigenvalue weighted by Crippen LogP contribution is 2.07. The van der Waals surface area contributed by atoms with Crippen molar-refractivity contribution in [2.45, 2.75) is 57.8 Å². The van der Waals surface area contributed by atoms with Crippen molar-refractivity contribution in [1.29, 1.82) is 0 Å². The molecular weight excluding hydrogens is 258 g/mol. The van der Waals surface area contributed by atoms with Crippen molar-refractivity contribution < 1.29 is 15.2 Å². The van der Waals surface area contributed by atoms with Gasteiger partial charge in [0.05, 0.1) is 0 Å². The van der Waals surface area contributed by atoms with Crippen LogP contribution in [0.25, 0.3) is 0 Å². The van der Waals surface area contributed by atoms with E-state index in [-0.39, 0.29) is 5.91 Å². The molecule has 0 aliphatic rings. The van der Waals surface area contributed by atoms with Crippen molar-refractivity contribution in [3.63, 3.8) is 0 Å². The molecule has 0 aliphatic heterocycles. The average Bonchev–Trinajstić information content (AvgIpc) is 2.41. The Morgan fingerprint density at radius 1 is 0.900 bits per heavy atom. The number of unbranched alkanes of at least 4 members (excludes halogenated alkanes) is 6. The summed E-state index contributed by atoms with van der Waals surface area (Å²) in [6, 6.07) is 0. The van der Waals surface area contributed by atoms with Gasteiger partial charge in [-0.15, -0.1) is 0 Å². The molecule has 6 heteroatoms. The number of carbonyl (C=O) groups excluding carboxylic acids is 1. The standard InChI is InChI=1S/C14H31N3O3/c1-16(19)12-8-4-2-3-6-10-14(18)17(20)13-9-5-7-11-15/h19-20H,2-13,15H2,1H3. The van der Waals surface area contributed by atoms with Crippen LogP contribution in [0.2, 0.25) is 0 Å². The maximum absolute atomic E-state index is 11.6. The van der Waals surface area contributed by atoms with Crippen molar-refractivity contribution in [3.8, 4) is 0 Å². The van der Waals surface area contributed by atoms with Crippen LogP contribution in [0.1, 0.15) is 57.8 Å². The fourth-order valence-corrected chi connectivity index (χ4v) is 1.98. The Morgan fingerprint density at radius 2 is 1.45 bits per heavy atom. The third-order valence-electron chi connectivity index (χ3n) is 3.23. The second-order valence-electron chi connectivity index (χ2n) is 5.27. The minimum Gasteiger partial charge on any atom is -0.330 e. The van der Waals surface area contributed by atoms with Crippen LogP contribution in [0.3, 0.4) is 0 Å². The van der Waals surface area contributed by atoms with Gasteiger partial charge in [0.25, 0.3) is 0 Å². The first kappa shape index (κ1) is 19.3. The highest BCUT2D eigenvalue weighted by atomic mass is 16.5. The summed E-state index contributed by atoms with van der Waals surface area (Å²) in [6.45, 7) is 1.75. The molecule has 0 aromatic carbocycles. The van der Waals surface area contributed by atoms with E-state index in [0.29, 0.717) is 26.1 Å². The number of hydrogen-bond acceptors (Lipinski definition) is 5. The Hall–Kier alpha value is -0.690. The Bertz CT molecular complexity index is 238. The van der Waals surface area contributed by atoms with Gasteiger partial charge in [-0.1, -0.05) is 25.7 Å². The van der Waals surface area contributed by atoms with Crippen LogP contribution in [0.5, 0.6) is 0 Å². The molecule has 1 amide bonds. The predicted octanol–water partition coefficient (Wildman–Crippen LogP) is 1.99. The van der Waals surface area contributed by atoms with Crippen LogP contribution in [-0.2, 0) is 4.79 Å². The Morgan fingerprint density at radius 3 is 2.10 bits per heavy atom. The van der Waals surface area contributed by atoms with Gasteiger partial charge < -0.3 is 10.9 Å². The molecule has 0 aromatic heterocycles. The number of amides is 1. The molecule has 0 rings (SSSR count). The summed E-state index contributed by atoms with van der Waals surface area (Å²) >= 11 is 0.